The van der Waals surface area contributed by atoms with Gasteiger partial charge in [-0.3, -0.25) is 9.59 Å². The number of rotatable bonds is 4. The van der Waals surface area contributed by atoms with E-state index in [-0.39, 0.29) is 23.7 Å². The number of halogens is 2. The van der Waals surface area contributed by atoms with E-state index in [2.05, 4.69) is 0 Å². The summed E-state index contributed by atoms with van der Waals surface area (Å²) >= 11 is 5.69. The molecule has 0 atom stereocenters. The van der Waals surface area contributed by atoms with E-state index in [1.54, 1.807) is 6.92 Å². The number of nitrogens with zero attached hydrogens (tertiary/aromatic N) is 1. The lowest BCUT2D eigenvalue weighted by atomic mass is 10.2. The highest BCUT2D eigenvalue weighted by molar-refractivity contribution is 6.34. The monoisotopic (exact) mass is 273 g/mol. The normalized spacial score (nSPS) is 10.0. The van der Waals surface area contributed by atoms with Crippen LogP contribution in [0, 0.1) is 5.82 Å². The van der Waals surface area contributed by atoms with Crippen LogP contribution in [-0.2, 0) is 9.53 Å². The van der Waals surface area contributed by atoms with Crippen molar-refractivity contribution in [2.24, 2.45) is 0 Å². The summed E-state index contributed by atoms with van der Waals surface area (Å²) in [6.07, 6.45) is 0. The van der Waals surface area contributed by atoms with Crippen LogP contribution >= 0.6 is 11.6 Å². The van der Waals surface area contributed by atoms with Crippen molar-refractivity contribution < 1.29 is 18.7 Å². The fourth-order valence-electron chi connectivity index (χ4n) is 1.35. The van der Waals surface area contributed by atoms with Crippen LogP contribution in [0.25, 0.3) is 0 Å². The Morgan fingerprint density at radius 3 is 2.72 bits per heavy atom. The van der Waals surface area contributed by atoms with Crippen LogP contribution in [0.15, 0.2) is 18.2 Å². The van der Waals surface area contributed by atoms with E-state index in [0.29, 0.717) is 0 Å². The second kappa shape index (κ2) is 6.35. The molecule has 0 aliphatic rings. The molecule has 6 heteroatoms. The van der Waals surface area contributed by atoms with Gasteiger partial charge in [-0.05, 0) is 19.1 Å². The third-order valence-corrected chi connectivity index (χ3v) is 2.58. The molecule has 98 valence electrons. The minimum absolute atomic E-state index is 0.0171. The van der Waals surface area contributed by atoms with E-state index < -0.39 is 17.7 Å². The highest BCUT2D eigenvalue weighted by Gasteiger charge is 2.19. The first-order valence-electron chi connectivity index (χ1n) is 5.32. The Bertz CT molecular complexity index is 465. The number of hydrogen-bond acceptors (Lipinski definition) is 3. The Morgan fingerprint density at radius 2 is 2.11 bits per heavy atom. The molecule has 1 aromatic carbocycles. The van der Waals surface area contributed by atoms with E-state index in [1.807, 2.05) is 0 Å². The first-order valence-corrected chi connectivity index (χ1v) is 5.70. The second-order valence-electron chi connectivity index (χ2n) is 3.57. The molecule has 0 fully saturated rings. The number of benzene rings is 1. The minimum Gasteiger partial charge on any atom is -0.465 e. The molecular weight excluding hydrogens is 261 g/mol. The van der Waals surface area contributed by atoms with Crippen LogP contribution in [0.4, 0.5) is 4.39 Å². The van der Waals surface area contributed by atoms with Crippen molar-refractivity contribution in [1.82, 2.24) is 4.90 Å². The number of esters is 1. The van der Waals surface area contributed by atoms with Gasteiger partial charge in [0.2, 0.25) is 0 Å². The number of amides is 1. The number of carbonyl (C=O) groups excluding carboxylic acids is 2. The van der Waals surface area contributed by atoms with Gasteiger partial charge >= 0.3 is 5.97 Å². The average molecular weight is 274 g/mol. The van der Waals surface area contributed by atoms with E-state index in [4.69, 9.17) is 16.3 Å². The summed E-state index contributed by atoms with van der Waals surface area (Å²) in [5.74, 6) is -1.74. The predicted octanol–water partition coefficient (Wildman–Crippen LogP) is 2.11. The first kappa shape index (κ1) is 14.4. The van der Waals surface area contributed by atoms with Crippen LogP contribution in [0.1, 0.15) is 17.3 Å². The van der Waals surface area contributed by atoms with Crippen molar-refractivity contribution in [2.75, 3.05) is 20.2 Å². The molecular formula is C12H13ClFNO3. The van der Waals surface area contributed by atoms with Gasteiger partial charge in [0.25, 0.3) is 5.91 Å². The number of carbonyl (C=O) groups is 2. The summed E-state index contributed by atoms with van der Waals surface area (Å²) in [6.45, 7) is 1.70. The molecule has 0 bridgehead atoms. The fraction of sp³-hybridized carbons (Fsp3) is 0.333. The molecule has 1 amide bonds. The summed E-state index contributed by atoms with van der Waals surface area (Å²) < 4.78 is 17.9. The van der Waals surface area contributed by atoms with Crippen molar-refractivity contribution in [2.45, 2.75) is 6.92 Å². The number of hydrogen-bond donors (Lipinski definition) is 0. The maximum Gasteiger partial charge on any atom is 0.325 e. The summed E-state index contributed by atoms with van der Waals surface area (Å²) in [6, 6.07) is 3.94. The predicted molar refractivity (Wildman–Crippen MR) is 65.0 cm³/mol. The average Bonchev–Trinajstić information content (AvgIpc) is 2.32. The smallest absolute Gasteiger partial charge is 0.325 e. The van der Waals surface area contributed by atoms with E-state index in [1.165, 1.54) is 19.2 Å². The Balaban J connectivity index is 2.81. The van der Waals surface area contributed by atoms with Gasteiger partial charge in [-0.15, -0.1) is 0 Å². The molecule has 0 spiro atoms. The Morgan fingerprint density at radius 1 is 1.44 bits per heavy atom. The lowest BCUT2D eigenvalue weighted by Gasteiger charge is -2.16. The third-order valence-electron chi connectivity index (χ3n) is 2.20. The van der Waals surface area contributed by atoms with Gasteiger partial charge < -0.3 is 9.64 Å². The fourth-order valence-corrected chi connectivity index (χ4v) is 1.55. The van der Waals surface area contributed by atoms with Gasteiger partial charge in [0.15, 0.2) is 0 Å². The maximum atomic E-state index is 13.2. The first-order chi connectivity index (χ1) is 8.47. The lowest BCUT2D eigenvalue weighted by Crippen LogP contribution is -2.33. The van der Waals surface area contributed by atoms with Gasteiger partial charge in [0.1, 0.15) is 12.4 Å². The van der Waals surface area contributed by atoms with Crippen molar-refractivity contribution in [3.8, 4) is 0 Å². The van der Waals surface area contributed by atoms with Gasteiger partial charge in [-0.25, -0.2) is 4.39 Å². The lowest BCUT2D eigenvalue weighted by molar-refractivity contribution is -0.143. The SMILES string of the molecule is CCOC(=O)CN(C)C(=O)c1cccc(F)c1Cl. The highest BCUT2D eigenvalue weighted by atomic mass is 35.5. The highest BCUT2D eigenvalue weighted by Crippen LogP contribution is 2.20. The van der Waals surface area contributed by atoms with Crippen LogP contribution in [0.5, 0.6) is 0 Å². The molecule has 4 nitrogen and oxygen atoms in total. The zero-order valence-corrected chi connectivity index (χ0v) is 10.8. The molecule has 0 aliphatic heterocycles. The summed E-state index contributed by atoms with van der Waals surface area (Å²) in [5.41, 5.74) is 0.0171. The molecule has 0 heterocycles. The zero-order valence-electron chi connectivity index (χ0n) is 10.1. The van der Waals surface area contributed by atoms with Crippen molar-refractivity contribution >= 4 is 23.5 Å². The quantitative estimate of drug-likeness (QED) is 0.790. The van der Waals surface area contributed by atoms with Crippen molar-refractivity contribution in [3.63, 3.8) is 0 Å². The molecule has 18 heavy (non-hydrogen) atoms. The Labute approximate surface area is 109 Å². The van der Waals surface area contributed by atoms with Crippen LogP contribution in [0.3, 0.4) is 0 Å². The standard InChI is InChI=1S/C12H13ClFNO3/c1-3-18-10(16)7-15(2)12(17)8-5-4-6-9(14)11(8)13/h4-6H,3,7H2,1-2H3. The van der Waals surface area contributed by atoms with E-state index in [0.717, 1.165) is 11.0 Å². The Hall–Kier alpha value is -1.62. The number of ether oxygens (including phenoxy) is 1. The molecule has 0 aromatic heterocycles. The maximum absolute atomic E-state index is 13.2. The number of likely N-dealkylation sites (N-methyl/N-ethyl adjacent to an activating group) is 1. The second-order valence-corrected chi connectivity index (χ2v) is 3.95. The molecule has 0 N–H and O–H groups in total. The van der Waals surface area contributed by atoms with Crippen molar-refractivity contribution in [3.05, 3.63) is 34.6 Å². The molecule has 0 unspecified atom stereocenters. The van der Waals surface area contributed by atoms with Gasteiger partial charge in [0.05, 0.1) is 17.2 Å². The topological polar surface area (TPSA) is 46.6 Å². The molecule has 0 aliphatic carbocycles. The van der Waals surface area contributed by atoms with Gasteiger partial charge in [0, 0.05) is 7.05 Å². The van der Waals surface area contributed by atoms with E-state index >= 15 is 0 Å². The largest absolute Gasteiger partial charge is 0.465 e. The summed E-state index contributed by atoms with van der Waals surface area (Å²) in [5, 5.41) is -0.252. The molecule has 0 saturated carbocycles. The molecule has 0 saturated heterocycles. The van der Waals surface area contributed by atoms with Crippen LogP contribution in [-0.4, -0.2) is 37.0 Å². The molecule has 0 radical (unpaired) electrons. The van der Waals surface area contributed by atoms with Gasteiger partial charge in [-0.2, -0.15) is 0 Å². The molecule has 1 aromatic rings. The zero-order chi connectivity index (χ0) is 13.7. The van der Waals surface area contributed by atoms with Crippen molar-refractivity contribution in [1.29, 1.82) is 0 Å². The minimum atomic E-state index is -0.674. The third kappa shape index (κ3) is 3.43. The van der Waals surface area contributed by atoms with Gasteiger partial charge in [-0.1, -0.05) is 17.7 Å². The van der Waals surface area contributed by atoms with Crippen LogP contribution < -0.4 is 0 Å². The summed E-state index contributed by atoms with van der Waals surface area (Å²) in [7, 11) is 1.42. The van der Waals surface area contributed by atoms with Crippen LogP contribution in [0.2, 0.25) is 5.02 Å². The summed E-state index contributed by atoms with van der Waals surface area (Å²) in [4.78, 5) is 24.3. The molecule has 1 rings (SSSR count). The van der Waals surface area contributed by atoms with E-state index in [9.17, 15) is 14.0 Å². The Kier molecular flexibility index (Phi) is 5.09.